The van der Waals surface area contributed by atoms with Gasteiger partial charge in [-0.05, 0) is 61.4 Å². The number of unbranched alkanes of at least 4 members (excludes halogenated alkanes) is 1. The molecule has 7 nitrogen and oxygen atoms in total. The molecule has 2 aromatic rings. The quantitative estimate of drug-likeness (QED) is 0.686. The molecule has 1 N–H and O–H groups in total. The van der Waals surface area contributed by atoms with Crippen LogP contribution in [0.4, 0.5) is 11.5 Å². The van der Waals surface area contributed by atoms with Crippen molar-refractivity contribution in [2.75, 3.05) is 36.4 Å². The zero-order valence-corrected chi connectivity index (χ0v) is 18.9. The minimum Gasteiger partial charge on any atom is -0.353 e. The zero-order valence-electron chi connectivity index (χ0n) is 18.9. The minimum atomic E-state index is -0.0260. The lowest BCUT2D eigenvalue weighted by Crippen LogP contribution is -2.52. The van der Waals surface area contributed by atoms with Crippen molar-refractivity contribution in [3.8, 4) is 0 Å². The Morgan fingerprint density at radius 2 is 1.84 bits per heavy atom. The fourth-order valence-corrected chi connectivity index (χ4v) is 4.47. The first kappa shape index (κ1) is 22.2. The molecule has 2 saturated heterocycles. The van der Waals surface area contributed by atoms with E-state index < -0.39 is 0 Å². The van der Waals surface area contributed by atoms with Crippen molar-refractivity contribution in [2.24, 2.45) is 11.8 Å². The highest BCUT2D eigenvalue weighted by Crippen LogP contribution is 2.25. The summed E-state index contributed by atoms with van der Waals surface area (Å²) in [6, 6.07) is 12.0. The van der Waals surface area contributed by atoms with Crippen LogP contribution < -0.4 is 10.2 Å². The Hall–Kier alpha value is -2.96. The third kappa shape index (κ3) is 5.64. The molecule has 1 aromatic carbocycles. The van der Waals surface area contributed by atoms with E-state index in [0.29, 0.717) is 31.3 Å². The lowest BCUT2D eigenvalue weighted by atomic mass is 9.90. The van der Waals surface area contributed by atoms with E-state index >= 15 is 0 Å². The Morgan fingerprint density at radius 1 is 1.09 bits per heavy atom. The van der Waals surface area contributed by atoms with E-state index in [2.05, 4.69) is 39.5 Å². The number of piperidine rings is 1. The molecular formula is C25H33N5O2. The van der Waals surface area contributed by atoms with Crippen LogP contribution in [-0.4, -0.2) is 53.1 Å². The van der Waals surface area contributed by atoms with Gasteiger partial charge in [-0.2, -0.15) is 5.10 Å². The van der Waals surface area contributed by atoms with Gasteiger partial charge in [0.05, 0.1) is 5.92 Å². The molecule has 0 aliphatic carbocycles. The van der Waals surface area contributed by atoms with E-state index in [-0.39, 0.29) is 11.8 Å². The monoisotopic (exact) mass is 435 g/mol. The second-order valence-electron chi connectivity index (χ2n) is 9.00. The normalized spacial score (nSPS) is 17.2. The zero-order chi connectivity index (χ0) is 22.3. The summed E-state index contributed by atoms with van der Waals surface area (Å²) in [5.41, 5.74) is 2.13. The SMILES string of the molecule is CCCCC(=O)N1CCC(Cc2ccc(NC(=O)C3CN(c4cccnn4)C3)cc2)CC1. The van der Waals surface area contributed by atoms with E-state index in [1.165, 1.54) is 5.56 Å². The van der Waals surface area contributed by atoms with Gasteiger partial charge in [0.2, 0.25) is 11.8 Å². The van der Waals surface area contributed by atoms with E-state index in [1.54, 1.807) is 6.20 Å². The second kappa shape index (κ2) is 10.6. The Morgan fingerprint density at radius 3 is 2.50 bits per heavy atom. The Kier molecular flexibility index (Phi) is 7.35. The van der Waals surface area contributed by atoms with Crippen LogP contribution in [0.15, 0.2) is 42.6 Å². The highest BCUT2D eigenvalue weighted by Gasteiger charge is 2.33. The van der Waals surface area contributed by atoms with Crippen LogP contribution in [0.5, 0.6) is 0 Å². The molecule has 2 aliphatic rings. The third-order valence-corrected chi connectivity index (χ3v) is 6.59. The van der Waals surface area contributed by atoms with Gasteiger partial charge in [-0.15, -0.1) is 5.10 Å². The highest BCUT2D eigenvalue weighted by molar-refractivity contribution is 5.94. The molecule has 3 heterocycles. The molecule has 0 atom stereocenters. The van der Waals surface area contributed by atoms with Gasteiger partial charge in [0.15, 0.2) is 5.82 Å². The van der Waals surface area contributed by atoms with Crippen LogP contribution in [0.25, 0.3) is 0 Å². The van der Waals surface area contributed by atoms with Crippen molar-refractivity contribution in [1.82, 2.24) is 15.1 Å². The molecule has 4 rings (SSSR count). The molecule has 2 aliphatic heterocycles. The Bertz CT molecular complexity index is 888. The van der Waals surface area contributed by atoms with Crippen molar-refractivity contribution < 1.29 is 9.59 Å². The number of nitrogens with zero attached hydrogens (tertiary/aromatic N) is 4. The molecule has 0 radical (unpaired) electrons. The fourth-order valence-electron chi connectivity index (χ4n) is 4.47. The molecule has 32 heavy (non-hydrogen) atoms. The predicted octanol–water partition coefficient (Wildman–Crippen LogP) is 3.52. The molecule has 0 saturated carbocycles. The first-order valence-electron chi connectivity index (χ1n) is 11.8. The van der Waals surface area contributed by atoms with E-state index in [1.807, 2.05) is 29.2 Å². The maximum Gasteiger partial charge on any atom is 0.231 e. The van der Waals surface area contributed by atoms with E-state index in [4.69, 9.17) is 0 Å². The number of hydrogen-bond donors (Lipinski definition) is 1. The van der Waals surface area contributed by atoms with Gasteiger partial charge in [-0.25, -0.2) is 0 Å². The van der Waals surface area contributed by atoms with Crippen LogP contribution >= 0.6 is 0 Å². The molecule has 170 valence electrons. The summed E-state index contributed by atoms with van der Waals surface area (Å²) in [6.45, 7) is 5.23. The molecule has 1 aromatic heterocycles. The van der Waals surface area contributed by atoms with E-state index in [0.717, 1.165) is 56.7 Å². The van der Waals surface area contributed by atoms with Crippen molar-refractivity contribution in [3.63, 3.8) is 0 Å². The third-order valence-electron chi connectivity index (χ3n) is 6.59. The van der Waals surface area contributed by atoms with Crippen molar-refractivity contribution in [1.29, 1.82) is 0 Å². The first-order valence-corrected chi connectivity index (χ1v) is 11.8. The maximum atomic E-state index is 12.5. The number of benzene rings is 1. The van der Waals surface area contributed by atoms with Crippen LogP contribution in [0.3, 0.4) is 0 Å². The number of nitrogens with one attached hydrogen (secondary N) is 1. The van der Waals surface area contributed by atoms with Gasteiger partial charge in [0.1, 0.15) is 0 Å². The number of aromatic nitrogens is 2. The Balaban J connectivity index is 1.19. The molecule has 2 amide bonds. The minimum absolute atomic E-state index is 0.0260. The van der Waals surface area contributed by atoms with E-state index in [9.17, 15) is 9.59 Å². The number of amides is 2. The summed E-state index contributed by atoms with van der Waals surface area (Å²) in [4.78, 5) is 28.8. The van der Waals surface area contributed by atoms with Crippen LogP contribution in [-0.2, 0) is 16.0 Å². The summed E-state index contributed by atoms with van der Waals surface area (Å²) < 4.78 is 0. The van der Waals surface area contributed by atoms with Crippen molar-refractivity contribution in [3.05, 3.63) is 48.2 Å². The van der Waals surface area contributed by atoms with Crippen molar-refractivity contribution >= 4 is 23.3 Å². The van der Waals surface area contributed by atoms with Crippen molar-refractivity contribution in [2.45, 2.75) is 45.4 Å². The number of likely N-dealkylation sites (tertiary alicyclic amines) is 1. The topological polar surface area (TPSA) is 78.4 Å². The summed E-state index contributed by atoms with van der Waals surface area (Å²) in [5, 5.41) is 11.0. The van der Waals surface area contributed by atoms with Gasteiger partial charge in [-0.3, -0.25) is 9.59 Å². The molecule has 0 spiro atoms. The van der Waals surface area contributed by atoms with Gasteiger partial charge in [0, 0.05) is 44.5 Å². The number of hydrogen-bond acceptors (Lipinski definition) is 5. The number of rotatable bonds is 8. The summed E-state index contributed by atoms with van der Waals surface area (Å²) in [7, 11) is 0. The summed E-state index contributed by atoms with van der Waals surface area (Å²) >= 11 is 0. The molecule has 0 bridgehead atoms. The standard InChI is InChI=1S/C25H33N5O2/c1-2-3-6-24(31)29-14-11-20(12-15-29)16-19-7-9-22(10-8-19)27-25(32)21-17-30(18-21)23-5-4-13-26-28-23/h4-5,7-10,13,20-21H,2-3,6,11-12,14-18H2,1H3,(H,27,32). The predicted molar refractivity (Wildman–Crippen MR) is 125 cm³/mol. The van der Waals surface area contributed by atoms with Gasteiger partial charge in [-0.1, -0.05) is 25.5 Å². The average Bonchev–Trinajstić information content (AvgIpc) is 2.79. The van der Waals surface area contributed by atoms with Crippen LogP contribution in [0.2, 0.25) is 0 Å². The molecule has 7 heteroatoms. The first-order chi connectivity index (χ1) is 15.6. The maximum absolute atomic E-state index is 12.5. The number of anilines is 2. The molecule has 2 fully saturated rings. The smallest absolute Gasteiger partial charge is 0.231 e. The van der Waals surface area contributed by atoms with Crippen LogP contribution in [0.1, 0.15) is 44.6 Å². The summed E-state index contributed by atoms with van der Waals surface area (Å²) in [5.74, 6) is 1.78. The van der Waals surface area contributed by atoms with Gasteiger partial charge >= 0.3 is 0 Å². The number of carbonyl (C=O) groups excluding carboxylic acids is 2. The highest BCUT2D eigenvalue weighted by atomic mass is 16.2. The largest absolute Gasteiger partial charge is 0.353 e. The fraction of sp³-hybridized carbons (Fsp3) is 0.520. The Labute approximate surface area is 190 Å². The molecule has 0 unspecified atom stereocenters. The lowest BCUT2D eigenvalue weighted by Gasteiger charge is -2.38. The lowest BCUT2D eigenvalue weighted by molar-refractivity contribution is -0.132. The average molecular weight is 436 g/mol. The number of carbonyl (C=O) groups is 2. The van der Waals surface area contributed by atoms with Gasteiger partial charge < -0.3 is 15.1 Å². The van der Waals surface area contributed by atoms with Crippen LogP contribution in [0, 0.1) is 11.8 Å². The van der Waals surface area contributed by atoms with Gasteiger partial charge in [0.25, 0.3) is 0 Å². The summed E-state index contributed by atoms with van der Waals surface area (Å²) in [6.07, 6.45) is 7.56. The second-order valence-corrected chi connectivity index (χ2v) is 9.00. The molecular weight excluding hydrogens is 402 g/mol.